The SMILES string of the molecule is Cc1noc(C2CCCN(c3c(Cl)cc(C(C)(F)F)cc3C=C3SC(=O)NC3=O)C2)n1. The lowest BCUT2D eigenvalue weighted by Crippen LogP contribution is -2.35. The zero-order chi connectivity index (χ0) is 22.3. The average molecular weight is 469 g/mol. The summed E-state index contributed by atoms with van der Waals surface area (Å²) in [5.74, 6) is -2.67. The Bertz CT molecular complexity index is 1080. The van der Waals surface area contributed by atoms with Crippen molar-refractivity contribution >= 4 is 46.3 Å². The number of nitrogens with one attached hydrogen (secondary N) is 1. The second-order valence-electron chi connectivity index (χ2n) is 7.60. The molecule has 1 unspecified atom stereocenters. The topological polar surface area (TPSA) is 88.3 Å². The fraction of sp³-hybridized carbons (Fsp3) is 0.400. The first kappa shape index (κ1) is 21.8. The quantitative estimate of drug-likeness (QED) is 0.641. The van der Waals surface area contributed by atoms with Gasteiger partial charge in [-0.2, -0.15) is 4.98 Å². The Morgan fingerprint density at radius 2 is 2.16 bits per heavy atom. The summed E-state index contributed by atoms with van der Waals surface area (Å²) in [6.45, 7) is 3.66. The normalized spacial score (nSPS) is 21.1. The van der Waals surface area contributed by atoms with Crippen LogP contribution in [0.5, 0.6) is 0 Å². The van der Waals surface area contributed by atoms with Gasteiger partial charge < -0.3 is 9.42 Å². The van der Waals surface area contributed by atoms with Gasteiger partial charge in [0, 0.05) is 31.1 Å². The van der Waals surface area contributed by atoms with E-state index in [-0.39, 0.29) is 21.4 Å². The van der Waals surface area contributed by atoms with E-state index in [1.807, 2.05) is 4.90 Å². The van der Waals surface area contributed by atoms with E-state index in [2.05, 4.69) is 15.5 Å². The molecule has 2 fully saturated rings. The number of hydrogen-bond acceptors (Lipinski definition) is 7. The fourth-order valence-corrected chi connectivity index (χ4v) is 4.76. The lowest BCUT2D eigenvalue weighted by atomic mass is 9.95. The van der Waals surface area contributed by atoms with E-state index in [9.17, 15) is 18.4 Å². The Morgan fingerprint density at radius 3 is 2.77 bits per heavy atom. The summed E-state index contributed by atoms with van der Waals surface area (Å²) in [4.78, 5) is 30.0. The van der Waals surface area contributed by atoms with Crippen LogP contribution in [0, 0.1) is 6.92 Å². The maximum absolute atomic E-state index is 14.1. The van der Waals surface area contributed by atoms with Gasteiger partial charge in [0.1, 0.15) is 0 Å². The molecule has 0 bridgehead atoms. The van der Waals surface area contributed by atoms with Gasteiger partial charge in [0.15, 0.2) is 5.82 Å². The minimum Gasteiger partial charge on any atom is -0.369 e. The van der Waals surface area contributed by atoms with Crippen LogP contribution in [-0.4, -0.2) is 34.4 Å². The van der Waals surface area contributed by atoms with Crippen LogP contribution >= 0.6 is 23.4 Å². The molecule has 4 rings (SSSR count). The van der Waals surface area contributed by atoms with E-state index in [1.165, 1.54) is 18.2 Å². The van der Waals surface area contributed by atoms with Gasteiger partial charge >= 0.3 is 0 Å². The lowest BCUT2D eigenvalue weighted by molar-refractivity contribution is -0.115. The number of anilines is 1. The van der Waals surface area contributed by atoms with Crippen molar-refractivity contribution in [3.63, 3.8) is 0 Å². The molecular weight excluding hydrogens is 450 g/mol. The first-order valence-corrected chi connectivity index (χ1v) is 10.8. The Hall–Kier alpha value is -2.46. The number of carbonyl (C=O) groups is 2. The molecule has 0 spiro atoms. The number of piperidine rings is 1. The number of aromatic nitrogens is 2. The number of halogens is 3. The third kappa shape index (κ3) is 4.59. The average Bonchev–Trinajstić information content (AvgIpc) is 3.25. The summed E-state index contributed by atoms with van der Waals surface area (Å²) in [5.41, 5.74) is 0.596. The molecule has 31 heavy (non-hydrogen) atoms. The molecule has 1 aromatic heterocycles. The first-order chi connectivity index (χ1) is 14.6. The molecule has 2 aromatic rings. The van der Waals surface area contributed by atoms with E-state index < -0.39 is 17.1 Å². The molecular formula is C20H19ClF2N4O3S. The molecule has 2 amide bonds. The van der Waals surface area contributed by atoms with Crippen molar-refractivity contribution < 1.29 is 22.9 Å². The second-order valence-corrected chi connectivity index (χ2v) is 9.02. The maximum Gasteiger partial charge on any atom is 0.290 e. The minimum absolute atomic E-state index is 0.0375. The summed E-state index contributed by atoms with van der Waals surface area (Å²) in [6, 6.07) is 2.55. The highest BCUT2D eigenvalue weighted by Gasteiger charge is 2.32. The van der Waals surface area contributed by atoms with E-state index >= 15 is 0 Å². The predicted octanol–water partition coefficient (Wildman–Crippen LogP) is 4.85. The number of aryl methyl sites for hydroxylation is 1. The number of nitrogens with zero attached hydrogens (tertiary/aromatic N) is 3. The summed E-state index contributed by atoms with van der Waals surface area (Å²) in [6.07, 6.45) is 3.07. The van der Waals surface area contributed by atoms with Gasteiger partial charge in [-0.3, -0.25) is 14.9 Å². The number of amides is 2. The molecule has 1 aromatic carbocycles. The number of carbonyl (C=O) groups excluding carboxylic acids is 2. The van der Waals surface area contributed by atoms with E-state index in [4.69, 9.17) is 16.1 Å². The van der Waals surface area contributed by atoms with Gasteiger partial charge in [0.2, 0.25) is 5.89 Å². The second kappa shape index (κ2) is 8.23. The number of alkyl halides is 2. The molecule has 0 radical (unpaired) electrons. The number of hydrogen-bond donors (Lipinski definition) is 1. The highest BCUT2D eigenvalue weighted by atomic mass is 35.5. The smallest absolute Gasteiger partial charge is 0.290 e. The van der Waals surface area contributed by atoms with Crippen molar-refractivity contribution in [2.75, 3.05) is 18.0 Å². The van der Waals surface area contributed by atoms with Crippen molar-refractivity contribution in [2.45, 2.75) is 38.5 Å². The monoisotopic (exact) mass is 468 g/mol. The van der Waals surface area contributed by atoms with Gasteiger partial charge in [-0.1, -0.05) is 16.8 Å². The van der Waals surface area contributed by atoms with Crippen LogP contribution in [-0.2, 0) is 10.7 Å². The van der Waals surface area contributed by atoms with Crippen molar-refractivity contribution in [3.8, 4) is 0 Å². The zero-order valence-electron chi connectivity index (χ0n) is 16.7. The van der Waals surface area contributed by atoms with Crippen LogP contribution in [0.4, 0.5) is 19.3 Å². The third-order valence-corrected chi connectivity index (χ3v) is 6.26. The van der Waals surface area contributed by atoms with Crippen molar-refractivity contribution in [1.82, 2.24) is 15.5 Å². The molecule has 0 aliphatic carbocycles. The van der Waals surface area contributed by atoms with E-state index in [0.29, 0.717) is 36.1 Å². The summed E-state index contributed by atoms with van der Waals surface area (Å²) in [7, 11) is 0. The molecule has 164 valence electrons. The molecule has 0 saturated carbocycles. The van der Waals surface area contributed by atoms with Gasteiger partial charge in [-0.15, -0.1) is 0 Å². The number of thioether (sulfide) groups is 1. The van der Waals surface area contributed by atoms with Crippen molar-refractivity contribution in [1.29, 1.82) is 0 Å². The highest BCUT2D eigenvalue weighted by molar-refractivity contribution is 8.18. The van der Waals surface area contributed by atoms with Crippen molar-refractivity contribution in [2.24, 2.45) is 0 Å². The number of benzene rings is 1. The summed E-state index contributed by atoms with van der Waals surface area (Å²) < 4.78 is 33.5. The molecule has 2 saturated heterocycles. The first-order valence-electron chi connectivity index (χ1n) is 9.63. The Labute approximate surface area is 186 Å². The molecule has 2 aliphatic heterocycles. The lowest BCUT2D eigenvalue weighted by Gasteiger charge is -2.35. The fourth-order valence-electron chi connectivity index (χ4n) is 3.74. The van der Waals surface area contributed by atoms with Crippen LogP contribution in [0.15, 0.2) is 21.6 Å². The highest BCUT2D eigenvalue weighted by Crippen LogP contribution is 2.41. The standard InChI is InChI=1S/C20H19ClF2N4O3S/c1-10-24-18(30-26-10)11-4-3-5-27(9-11)16-12(7-15-17(28)25-19(29)31-15)6-13(8-14(16)21)20(2,22)23/h6-8,11H,3-5,9H2,1-2H3,(H,25,28,29). The molecule has 1 atom stereocenters. The Kier molecular flexibility index (Phi) is 5.78. The van der Waals surface area contributed by atoms with Gasteiger partial charge in [0.05, 0.1) is 21.5 Å². The summed E-state index contributed by atoms with van der Waals surface area (Å²) >= 11 is 7.21. The number of rotatable bonds is 4. The Balaban J connectivity index is 1.76. The van der Waals surface area contributed by atoms with Crippen LogP contribution in [0.2, 0.25) is 5.02 Å². The minimum atomic E-state index is -3.12. The predicted molar refractivity (Wildman–Crippen MR) is 113 cm³/mol. The number of imide groups is 1. The summed E-state index contributed by atoms with van der Waals surface area (Å²) in [5, 5.41) is 5.65. The van der Waals surface area contributed by atoms with E-state index in [0.717, 1.165) is 31.5 Å². The Morgan fingerprint density at radius 1 is 1.39 bits per heavy atom. The van der Waals surface area contributed by atoms with Crippen LogP contribution in [0.3, 0.4) is 0 Å². The zero-order valence-corrected chi connectivity index (χ0v) is 18.3. The van der Waals surface area contributed by atoms with Crippen LogP contribution < -0.4 is 10.2 Å². The van der Waals surface area contributed by atoms with Crippen molar-refractivity contribution in [3.05, 3.63) is 44.9 Å². The molecule has 1 N–H and O–H groups in total. The molecule has 7 nitrogen and oxygen atoms in total. The van der Waals surface area contributed by atoms with Gasteiger partial charge in [-0.05, 0) is 49.7 Å². The molecule has 3 heterocycles. The third-order valence-electron chi connectivity index (χ3n) is 5.16. The van der Waals surface area contributed by atoms with Crippen LogP contribution in [0.1, 0.15) is 48.5 Å². The molecule has 11 heteroatoms. The van der Waals surface area contributed by atoms with E-state index in [1.54, 1.807) is 6.92 Å². The largest absolute Gasteiger partial charge is 0.369 e. The maximum atomic E-state index is 14.1. The van der Waals surface area contributed by atoms with Crippen LogP contribution in [0.25, 0.3) is 6.08 Å². The van der Waals surface area contributed by atoms with Gasteiger partial charge in [-0.25, -0.2) is 8.78 Å². The van der Waals surface area contributed by atoms with Gasteiger partial charge in [0.25, 0.3) is 17.1 Å². The molecule has 2 aliphatic rings.